The number of hydrogen-bond donors (Lipinski definition) is 0. The van der Waals surface area contributed by atoms with Crippen LogP contribution in [0.5, 0.6) is 11.5 Å². The summed E-state index contributed by atoms with van der Waals surface area (Å²) in [5.74, 6) is 0.217. The minimum atomic E-state index is -0.798. The van der Waals surface area contributed by atoms with E-state index in [1.807, 2.05) is 30.3 Å². The van der Waals surface area contributed by atoms with Crippen LogP contribution in [0.15, 0.2) is 100 Å². The van der Waals surface area contributed by atoms with Gasteiger partial charge < -0.3 is 14.2 Å². The van der Waals surface area contributed by atoms with Gasteiger partial charge in [-0.15, -0.1) is 0 Å². The number of methoxy groups -OCH3 is 1. The normalized spacial score (nSPS) is 14.3. The zero-order valence-corrected chi connectivity index (χ0v) is 27.4. The van der Waals surface area contributed by atoms with E-state index in [-0.39, 0.29) is 35.8 Å². The number of esters is 1. The summed E-state index contributed by atoms with van der Waals surface area (Å²) in [4.78, 5) is 44.1. The highest BCUT2D eigenvalue weighted by Crippen LogP contribution is 2.34. The first-order valence-electron chi connectivity index (χ1n) is 15.1. The Morgan fingerprint density at radius 3 is 2.48 bits per heavy atom. The molecule has 0 amide bonds. The lowest BCUT2D eigenvalue weighted by molar-refractivity contribution is -0.385. The number of thiazole rings is 1. The van der Waals surface area contributed by atoms with Crippen LogP contribution in [-0.4, -0.2) is 45.6 Å². The Labute approximate surface area is 278 Å². The highest BCUT2D eigenvalue weighted by Gasteiger charge is 2.33. The third kappa shape index (κ3) is 6.02. The molecule has 0 spiro atoms. The van der Waals surface area contributed by atoms with Crippen LogP contribution < -0.4 is 24.4 Å². The highest BCUT2D eigenvalue weighted by molar-refractivity contribution is 7.07. The largest absolute Gasteiger partial charge is 0.497 e. The Morgan fingerprint density at radius 2 is 1.81 bits per heavy atom. The van der Waals surface area contributed by atoms with Crippen LogP contribution in [-0.2, 0) is 9.53 Å². The summed E-state index contributed by atoms with van der Waals surface area (Å²) in [6.45, 7) is 5.62. The van der Waals surface area contributed by atoms with Crippen LogP contribution in [0.25, 0.3) is 23.0 Å². The van der Waals surface area contributed by atoms with Gasteiger partial charge in [-0.25, -0.2) is 14.5 Å². The van der Waals surface area contributed by atoms with E-state index in [0.29, 0.717) is 43.2 Å². The van der Waals surface area contributed by atoms with Crippen LogP contribution in [0.2, 0.25) is 0 Å². The molecular weight excluding hydrogens is 634 g/mol. The molecule has 1 aliphatic rings. The zero-order chi connectivity index (χ0) is 33.9. The van der Waals surface area contributed by atoms with E-state index in [2.05, 4.69) is 4.99 Å². The summed E-state index contributed by atoms with van der Waals surface area (Å²) in [6.07, 6.45) is 3.46. The molecule has 244 valence electrons. The quantitative estimate of drug-likeness (QED) is 0.116. The zero-order valence-electron chi connectivity index (χ0n) is 26.6. The summed E-state index contributed by atoms with van der Waals surface area (Å²) in [6, 6.07) is 20.4. The second kappa shape index (κ2) is 13.5. The molecule has 13 heteroatoms. The number of allylic oxidation sites excluding steroid dienone is 1. The first-order chi connectivity index (χ1) is 23.2. The first-order valence-corrected chi connectivity index (χ1v) is 16.0. The van der Waals surface area contributed by atoms with Gasteiger partial charge in [0, 0.05) is 23.4 Å². The predicted octanol–water partition coefficient (Wildman–Crippen LogP) is 4.97. The van der Waals surface area contributed by atoms with Crippen molar-refractivity contribution in [3.05, 3.63) is 131 Å². The van der Waals surface area contributed by atoms with Gasteiger partial charge in [0.05, 0.1) is 52.8 Å². The van der Waals surface area contributed by atoms with Crippen molar-refractivity contribution in [3.8, 4) is 28.4 Å². The molecule has 1 unspecified atom stereocenters. The number of hydrogen-bond acceptors (Lipinski definition) is 10. The molecular formula is C35H31N5O7S. The lowest BCUT2D eigenvalue weighted by Crippen LogP contribution is -2.39. The molecule has 12 nitrogen and oxygen atoms in total. The third-order valence-corrected chi connectivity index (χ3v) is 8.71. The maximum absolute atomic E-state index is 14.3. The molecule has 0 bridgehead atoms. The van der Waals surface area contributed by atoms with Crippen LogP contribution >= 0.6 is 11.3 Å². The summed E-state index contributed by atoms with van der Waals surface area (Å²) in [5, 5.41) is 16.8. The first kappa shape index (κ1) is 32.1. The van der Waals surface area contributed by atoms with Crippen molar-refractivity contribution in [2.75, 3.05) is 20.3 Å². The summed E-state index contributed by atoms with van der Waals surface area (Å²) in [7, 11) is 1.56. The lowest BCUT2D eigenvalue weighted by Gasteiger charge is -2.24. The number of carbonyl (C=O) groups excluding carboxylic acids is 1. The number of ether oxygens (including phenoxy) is 3. The fourth-order valence-electron chi connectivity index (χ4n) is 5.55. The number of nitrogens with zero attached hydrogens (tertiary/aromatic N) is 5. The standard InChI is InChI=1S/C35H31N5O7S/c1-5-46-28-17-14-23(18-27(28)40(43)44)31-24(20-38(37-31)25-10-8-7-9-11-25)19-29-33(41)39-32(22-12-15-26(45-4)16-13-22)30(34(42)47-6-2)21(3)36-35(39)48-29/h7-20,32H,5-6H2,1-4H3/b29-19+. The van der Waals surface area contributed by atoms with Crippen molar-refractivity contribution in [1.29, 1.82) is 0 Å². The number of benzene rings is 3. The fourth-order valence-corrected chi connectivity index (χ4v) is 6.59. The Hall–Kier alpha value is -5.82. The van der Waals surface area contributed by atoms with Crippen molar-refractivity contribution in [1.82, 2.24) is 14.3 Å². The number of aromatic nitrogens is 3. The molecule has 3 heterocycles. The van der Waals surface area contributed by atoms with Gasteiger partial charge in [-0.05, 0) is 68.8 Å². The van der Waals surface area contributed by atoms with Gasteiger partial charge in [0.1, 0.15) is 11.4 Å². The molecule has 3 aromatic carbocycles. The number of carbonyl (C=O) groups is 1. The van der Waals surface area contributed by atoms with E-state index in [4.69, 9.17) is 19.3 Å². The second-order valence-electron chi connectivity index (χ2n) is 10.7. The van der Waals surface area contributed by atoms with Gasteiger partial charge in [0.15, 0.2) is 10.6 Å². The van der Waals surface area contributed by atoms with E-state index < -0.39 is 16.9 Å². The number of fused-ring (bicyclic) bond motifs is 1. The maximum atomic E-state index is 14.3. The van der Waals surface area contributed by atoms with Crippen molar-refractivity contribution in [3.63, 3.8) is 0 Å². The van der Waals surface area contributed by atoms with Crippen LogP contribution in [0.4, 0.5) is 5.69 Å². The molecule has 0 fully saturated rings. The number of rotatable bonds is 10. The van der Waals surface area contributed by atoms with Gasteiger partial charge in [0.2, 0.25) is 0 Å². The fraction of sp³-hybridized carbons (Fsp3) is 0.200. The Bertz CT molecular complexity index is 2240. The molecule has 0 saturated carbocycles. The van der Waals surface area contributed by atoms with Gasteiger partial charge >= 0.3 is 11.7 Å². The van der Waals surface area contributed by atoms with Gasteiger partial charge in [-0.1, -0.05) is 41.7 Å². The van der Waals surface area contributed by atoms with Crippen molar-refractivity contribution in [2.24, 2.45) is 4.99 Å². The Kier molecular flexibility index (Phi) is 9.04. The summed E-state index contributed by atoms with van der Waals surface area (Å²) >= 11 is 1.17. The van der Waals surface area contributed by atoms with Crippen LogP contribution in [0.1, 0.15) is 37.9 Å². The predicted molar refractivity (Wildman–Crippen MR) is 180 cm³/mol. The smallest absolute Gasteiger partial charge is 0.338 e. The lowest BCUT2D eigenvalue weighted by atomic mass is 9.96. The van der Waals surface area contributed by atoms with E-state index in [0.717, 1.165) is 5.69 Å². The van der Waals surface area contributed by atoms with Gasteiger partial charge in [-0.3, -0.25) is 19.5 Å². The molecule has 1 aliphatic heterocycles. The molecule has 0 aliphatic carbocycles. The molecule has 2 aromatic heterocycles. The molecule has 0 N–H and O–H groups in total. The molecule has 0 radical (unpaired) electrons. The Balaban J connectivity index is 1.56. The minimum absolute atomic E-state index is 0.148. The number of nitro benzene ring substituents is 1. The van der Waals surface area contributed by atoms with Gasteiger partial charge in [-0.2, -0.15) is 5.10 Å². The second-order valence-corrected chi connectivity index (χ2v) is 11.7. The Morgan fingerprint density at radius 1 is 1.06 bits per heavy atom. The third-order valence-electron chi connectivity index (χ3n) is 7.73. The van der Waals surface area contributed by atoms with Gasteiger partial charge in [0.25, 0.3) is 5.56 Å². The van der Waals surface area contributed by atoms with Crippen LogP contribution in [0.3, 0.4) is 0 Å². The topological polar surface area (TPSA) is 140 Å². The average molecular weight is 666 g/mol. The van der Waals surface area contributed by atoms with Crippen molar-refractivity contribution < 1.29 is 23.9 Å². The maximum Gasteiger partial charge on any atom is 0.338 e. The molecule has 0 saturated heterocycles. The van der Waals surface area contributed by atoms with E-state index in [9.17, 15) is 19.7 Å². The monoisotopic (exact) mass is 665 g/mol. The summed E-state index contributed by atoms with van der Waals surface area (Å²) < 4.78 is 19.7. The molecule has 1 atom stereocenters. The highest BCUT2D eigenvalue weighted by atomic mass is 32.1. The minimum Gasteiger partial charge on any atom is -0.497 e. The van der Waals surface area contributed by atoms with E-state index in [1.54, 1.807) is 81.2 Å². The average Bonchev–Trinajstić information content (AvgIpc) is 3.65. The van der Waals surface area contributed by atoms with Crippen LogP contribution in [0, 0.1) is 10.1 Å². The van der Waals surface area contributed by atoms with E-state index in [1.165, 1.54) is 22.0 Å². The summed E-state index contributed by atoms with van der Waals surface area (Å²) in [5.41, 5.74) is 3.02. The van der Waals surface area contributed by atoms with E-state index >= 15 is 0 Å². The van der Waals surface area contributed by atoms with Crippen molar-refractivity contribution >= 4 is 29.1 Å². The SMILES string of the molecule is CCOC(=O)C1=C(C)N=c2s/c(=C/c3cn(-c4ccccc4)nc3-c3ccc(OCC)c([N+](=O)[O-])c3)c(=O)n2C1c1ccc(OC)cc1. The van der Waals surface area contributed by atoms with Crippen molar-refractivity contribution in [2.45, 2.75) is 26.8 Å². The molecule has 6 rings (SSSR count). The molecule has 5 aromatic rings. The molecule has 48 heavy (non-hydrogen) atoms. The number of para-hydroxylation sites is 1. The number of nitro groups is 1.